The van der Waals surface area contributed by atoms with Gasteiger partial charge < -0.3 is 19.5 Å². The average molecular weight is 495 g/mol. The van der Waals surface area contributed by atoms with Crippen molar-refractivity contribution in [2.75, 3.05) is 31.7 Å². The number of amides is 1. The van der Waals surface area contributed by atoms with Gasteiger partial charge in [0.25, 0.3) is 5.91 Å². The fourth-order valence-electron chi connectivity index (χ4n) is 2.42. The first-order chi connectivity index (χ1) is 14.5. The normalized spacial score (nSPS) is 10.4. The van der Waals surface area contributed by atoms with Gasteiger partial charge in [0.15, 0.2) is 5.11 Å². The van der Waals surface area contributed by atoms with Crippen molar-refractivity contribution in [1.29, 1.82) is 0 Å². The molecule has 0 saturated heterocycles. The highest BCUT2D eigenvalue weighted by atomic mass is 79.9. The van der Waals surface area contributed by atoms with Crippen molar-refractivity contribution in [2.45, 2.75) is 26.7 Å². The van der Waals surface area contributed by atoms with Gasteiger partial charge in [-0.1, -0.05) is 13.3 Å². The van der Waals surface area contributed by atoms with E-state index in [0.717, 1.165) is 28.8 Å². The van der Waals surface area contributed by atoms with Crippen LogP contribution in [0.1, 0.15) is 37.0 Å². The van der Waals surface area contributed by atoms with Gasteiger partial charge in [-0.15, -0.1) is 0 Å². The second-order valence-corrected chi connectivity index (χ2v) is 7.59. The fourth-order valence-corrected chi connectivity index (χ4v) is 3.12. The van der Waals surface area contributed by atoms with Crippen LogP contribution < -0.4 is 20.1 Å². The Bertz CT molecular complexity index is 830. The molecule has 162 valence electrons. The number of halogens is 1. The van der Waals surface area contributed by atoms with Gasteiger partial charge in [0, 0.05) is 17.9 Å². The number of carbonyl (C=O) groups is 1. The van der Waals surface area contributed by atoms with Crippen LogP contribution in [0.4, 0.5) is 5.69 Å². The number of anilines is 1. The molecule has 2 aromatic carbocycles. The third kappa shape index (κ3) is 8.30. The largest absolute Gasteiger partial charge is 0.492 e. The zero-order chi connectivity index (χ0) is 21.8. The molecule has 0 bridgehead atoms. The summed E-state index contributed by atoms with van der Waals surface area (Å²) in [6, 6.07) is 12.5. The molecule has 6 nitrogen and oxygen atoms in total. The van der Waals surface area contributed by atoms with Gasteiger partial charge in [-0.05, 0) is 84.0 Å². The number of rotatable bonds is 11. The van der Waals surface area contributed by atoms with Crippen LogP contribution in [-0.2, 0) is 4.74 Å². The maximum Gasteiger partial charge on any atom is 0.257 e. The molecule has 8 heteroatoms. The molecule has 0 aliphatic rings. The van der Waals surface area contributed by atoms with Crippen LogP contribution in [0.5, 0.6) is 11.5 Å². The van der Waals surface area contributed by atoms with Gasteiger partial charge in [0.2, 0.25) is 0 Å². The number of nitrogens with one attached hydrogen (secondary N) is 2. The van der Waals surface area contributed by atoms with E-state index in [1.165, 1.54) is 0 Å². The molecule has 2 rings (SSSR count). The Morgan fingerprint density at radius 1 is 1.03 bits per heavy atom. The second-order valence-electron chi connectivity index (χ2n) is 6.33. The molecule has 0 heterocycles. The van der Waals surface area contributed by atoms with E-state index in [1.54, 1.807) is 18.2 Å². The molecular formula is C22H27BrN2O4S. The number of unbranched alkanes of at least 4 members (excludes halogenated alkanes) is 1. The summed E-state index contributed by atoms with van der Waals surface area (Å²) in [6.07, 6.45) is 2.04. The summed E-state index contributed by atoms with van der Waals surface area (Å²) in [5.74, 6) is 1.15. The van der Waals surface area contributed by atoms with Gasteiger partial charge in [-0.3, -0.25) is 10.1 Å². The Kier molecular flexibility index (Phi) is 10.6. The maximum absolute atomic E-state index is 12.5. The van der Waals surface area contributed by atoms with Crippen molar-refractivity contribution < 1.29 is 19.0 Å². The number of hydrogen-bond acceptors (Lipinski definition) is 5. The summed E-state index contributed by atoms with van der Waals surface area (Å²) in [5, 5.41) is 5.88. The lowest BCUT2D eigenvalue weighted by molar-refractivity contribution is 0.0977. The van der Waals surface area contributed by atoms with Crippen molar-refractivity contribution in [1.82, 2.24) is 5.32 Å². The molecule has 30 heavy (non-hydrogen) atoms. The number of ether oxygens (including phenoxy) is 3. The van der Waals surface area contributed by atoms with Gasteiger partial charge in [-0.25, -0.2) is 0 Å². The summed E-state index contributed by atoms with van der Waals surface area (Å²) in [7, 11) is 0. The van der Waals surface area contributed by atoms with Crippen LogP contribution in [-0.4, -0.2) is 37.4 Å². The van der Waals surface area contributed by atoms with Crippen LogP contribution in [0.25, 0.3) is 0 Å². The fraction of sp³-hybridized carbons (Fsp3) is 0.364. The van der Waals surface area contributed by atoms with Gasteiger partial charge >= 0.3 is 0 Å². The van der Waals surface area contributed by atoms with Gasteiger partial charge in [0.05, 0.1) is 17.7 Å². The molecule has 0 fully saturated rings. The number of benzene rings is 2. The summed E-state index contributed by atoms with van der Waals surface area (Å²) in [4.78, 5) is 12.5. The van der Waals surface area contributed by atoms with Crippen LogP contribution in [0.2, 0.25) is 0 Å². The summed E-state index contributed by atoms with van der Waals surface area (Å²) in [5.41, 5.74) is 1.23. The Morgan fingerprint density at radius 2 is 1.80 bits per heavy atom. The third-order valence-electron chi connectivity index (χ3n) is 3.99. The average Bonchev–Trinajstić information content (AvgIpc) is 2.73. The van der Waals surface area contributed by atoms with Crippen LogP contribution >= 0.6 is 28.1 Å². The first-order valence-corrected chi connectivity index (χ1v) is 11.1. The minimum atomic E-state index is -0.302. The minimum Gasteiger partial charge on any atom is -0.492 e. The summed E-state index contributed by atoms with van der Waals surface area (Å²) < 4.78 is 17.2. The Labute approximate surface area is 191 Å². The molecule has 2 aromatic rings. The van der Waals surface area contributed by atoms with Crippen molar-refractivity contribution in [3.63, 3.8) is 0 Å². The highest BCUT2D eigenvalue weighted by molar-refractivity contribution is 9.10. The Hall–Kier alpha value is -2.16. The first-order valence-electron chi connectivity index (χ1n) is 9.88. The smallest absolute Gasteiger partial charge is 0.257 e. The molecular weight excluding hydrogens is 468 g/mol. The molecule has 0 atom stereocenters. The predicted octanol–water partition coefficient (Wildman–Crippen LogP) is 5.17. The molecule has 0 aliphatic carbocycles. The van der Waals surface area contributed by atoms with E-state index in [9.17, 15) is 4.79 Å². The van der Waals surface area contributed by atoms with Crippen molar-refractivity contribution in [3.05, 3.63) is 52.5 Å². The topological polar surface area (TPSA) is 68.8 Å². The highest BCUT2D eigenvalue weighted by Gasteiger charge is 2.11. The second kappa shape index (κ2) is 13.2. The molecule has 0 aromatic heterocycles. The molecule has 2 N–H and O–H groups in total. The van der Waals surface area contributed by atoms with E-state index in [-0.39, 0.29) is 11.0 Å². The lowest BCUT2D eigenvalue weighted by Crippen LogP contribution is -2.34. The van der Waals surface area contributed by atoms with E-state index in [0.29, 0.717) is 37.7 Å². The van der Waals surface area contributed by atoms with E-state index >= 15 is 0 Å². The Balaban J connectivity index is 1.84. The zero-order valence-corrected chi connectivity index (χ0v) is 19.6. The maximum atomic E-state index is 12.5. The van der Waals surface area contributed by atoms with E-state index in [1.807, 2.05) is 31.2 Å². The quantitative estimate of drug-likeness (QED) is 0.331. The molecule has 0 radical (unpaired) electrons. The molecule has 0 saturated carbocycles. The molecule has 1 amide bonds. The van der Waals surface area contributed by atoms with Crippen molar-refractivity contribution in [3.8, 4) is 11.5 Å². The lowest BCUT2D eigenvalue weighted by Gasteiger charge is -2.12. The number of hydrogen-bond donors (Lipinski definition) is 2. The van der Waals surface area contributed by atoms with Crippen LogP contribution in [0, 0.1) is 0 Å². The standard InChI is InChI=1S/C22H27BrN2O4S/c1-3-5-12-29-20-11-6-16(15-19(20)23)21(26)25-22(30)24-17-7-9-18(10-8-17)28-14-13-27-4-2/h6-11,15H,3-5,12-14H2,1-2H3,(H2,24,25,26,30). The molecule has 0 spiro atoms. The van der Waals surface area contributed by atoms with Gasteiger partial charge in [0.1, 0.15) is 18.1 Å². The van der Waals surface area contributed by atoms with Crippen molar-refractivity contribution in [2.24, 2.45) is 0 Å². The van der Waals surface area contributed by atoms with E-state index in [2.05, 4.69) is 33.5 Å². The lowest BCUT2D eigenvalue weighted by atomic mass is 10.2. The first kappa shape index (κ1) is 24.1. The highest BCUT2D eigenvalue weighted by Crippen LogP contribution is 2.26. The molecule has 0 unspecified atom stereocenters. The zero-order valence-electron chi connectivity index (χ0n) is 17.2. The summed E-state index contributed by atoms with van der Waals surface area (Å²) in [6.45, 7) is 6.41. The van der Waals surface area contributed by atoms with Crippen molar-refractivity contribution >= 4 is 44.9 Å². The SMILES string of the molecule is CCCCOc1ccc(C(=O)NC(=S)Nc2ccc(OCCOCC)cc2)cc1Br. The van der Waals surface area contributed by atoms with E-state index in [4.69, 9.17) is 26.4 Å². The summed E-state index contributed by atoms with van der Waals surface area (Å²) >= 11 is 8.69. The monoisotopic (exact) mass is 494 g/mol. The van der Waals surface area contributed by atoms with E-state index < -0.39 is 0 Å². The molecule has 0 aliphatic heterocycles. The van der Waals surface area contributed by atoms with Crippen LogP contribution in [0.15, 0.2) is 46.9 Å². The van der Waals surface area contributed by atoms with Gasteiger partial charge in [-0.2, -0.15) is 0 Å². The third-order valence-corrected chi connectivity index (χ3v) is 4.81. The minimum absolute atomic E-state index is 0.212. The predicted molar refractivity (Wildman–Crippen MR) is 127 cm³/mol. The Morgan fingerprint density at radius 3 is 2.47 bits per heavy atom. The number of thiocarbonyl (C=S) groups is 1. The number of carbonyl (C=O) groups excluding carboxylic acids is 1. The van der Waals surface area contributed by atoms with Crippen LogP contribution in [0.3, 0.4) is 0 Å².